The van der Waals surface area contributed by atoms with Crippen molar-refractivity contribution in [1.82, 2.24) is 36.2 Å². The lowest BCUT2D eigenvalue weighted by atomic mass is 10.1. The number of nitrogens with zero attached hydrogens (tertiary/aromatic N) is 3. The van der Waals surface area contributed by atoms with Crippen molar-refractivity contribution in [3.8, 4) is 0 Å². The zero-order valence-corrected chi connectivity index (χ0v) is 52.6. The van der Waals surface area contributed by atoms with E-state index >= 15 is 0 Å². The summed E-state index contributed by atoms with van der Waals surface area (Å²) in [6.07, 6.45) is 47.2. The Hall–Kier alpha value is -8.63. The Kier molecular flexibility index (Phi) is 47.5. The lowest BCUT2D eigenvalue weighted by Crippen LogP contribution is -2.41. The number of esters is 3. The number of aromatic nitrogens is 3. The van der Waals surface area contributed by atoms with Gasteiger partial charge in [0.25, 0.3) is 11.8 Å². The molecule has 0 fully saturated rings. The van der Waals surface area contributed by atoms with Gasteiger partial charge in [-0.3, -0.25) is 34.1 Å². The SMILES string of the molecule is CC/C=C\C/C=C\C/C=C\C/C=C\C/C=C\C/C=C\CCC(=O)NCCCC[C@H](NC(=O)c1cccnc1)C(=O)OC.COC(=O)[C@@H](N)CCCCNC(=O)OC(C)(C)C.COC(=O)[C@H](CCCCN)NC(=O)c1cccnc1.O=C(O)c1cccnc1. The number of allylic oxidation sites excluding steroid dienone is 12. The van der Waals surface area contributed by atoms with Crippen molar-refractivity contribution < 1.29 is 62.4 Å². The van der Waals surface area contributed by atoms with Crippen LogP contribution in [0.4, 0.5) is 4.79 Å². The molecule has 88 heavy (non-hydrogen) atoms. The Labute approximate surface area is 520 Å². The number of rotatable bonds is 36. The minimum absolute atomic E-state index is 0.00364. The number of methoxy groups -OCH3 is 3. The van der Waals surface area contributed by atoms with Gasteiger partial charge in [0.1, 0.15) is 23.7 Å². The van der Waals surface area contributed by atoms with Crippen molar-refractivity contribution in [2.45, 2.75) is 161 Å². The fraction of sp³-hybridized carbons (Fsp3) is 0.470. The lowest BCUT2D eigenvalue weighted by molar-refractivity contribution is -0.143. The van der Waals surface area contributed by atoms with E-state index in [1.165, 1.54) is 52.2 Å². The van der Waals surface area contributed by atoms with Crippen LogP contribution in [0, 0.1) is 0 Å². The average Bonchev–Trinajstić information content (AvgIpc) is 3.57. The molecule has 0 saturated heterocycles. The highest BCUT2D eigenvalue weighted by Gasteiger charge is 2.23. The average molecular weight is 1220 g/mol. The maximum Gasteiger partial charge on any atom is 0.407 e. The third kappa shape index (κ3) is 44.8. The number of aromatic carboxylic acids is 1. The summed E-state index contributed by atoms with van der Waals surface area (Å²) in [4.78, 5) is 104. The van der Waals surface area contributed by atoms with E-state index in [-0.39, 0.29) is 23.3 Å². The number of hydrogen-bond donors (Lipinski definition) is 7. The maximum absolute atomic E-state index is 12.3. The number of amides is 4. The zero-order valence-electron chi connectivity index (χ0n) is 52.6. The van der Waals surface area contributed by atoms with Gasteiger partial charge in [0, 0.05) is 56.7 Å². The Balaban J connectivity index is 0.00000134. The van der Waals surface area contributed by atoms with Gasteiger partial charge in [0.2, 0.25) is 5.91 Å². The van der Waals surface area contributed by atoms with Gasteiger partial charge in [-0.2, -0.15) is 0 Å². The number of pyridine rings is 3. The number of nitrogens with one attached hydrogen (secondary N) is 4. The molecule has 3 atom stereocenters. The number of hydrogen-bond acceptors (Lipinski definition) is 17. The number of carbonyl (C=O) groups is 8. The van der Waals surface area contributed by atoms with E-state index in [2.05, 4.69) is 119 Å². The predicted octanol–water partition coefficient (Wildman–Crippen LogP) is 9.56. The van der Waals surface area contributed by atoms with Crippen LogP contribution >= 0.6 is 0 Å². The number of nitrogens with two attached hydrogens (primary N) is 2. The third-order valence-corrected chi connectivity index (χ3v) is 11.8. The second kappa shape index (κ2) is 52.7. The molecule has 3 heterocycles. The number of carboxylic acid groups (broad SMARTS) is 1. The molecule has 0 aromatic carbocycles. The van der Waals surface area contributed by atoms with Crippen LogP contribution in [0.2, 0.25) is 0 Å². The maximum atomic E-state index is 12.3. The van der Waals surface area contributed by atoms with Crippen LogP contribution in [-0.2, 0) is 38.1 Å². The lowest BCUT2D eigenvalue weighted by Gasteiger charge is -2.19. The van der Waals surface area contributed by atoms with Crippen molar-refractivity contribution in [2.24, 2.45) is 11.5 Å². The van der Waals surface area contributed by atoms with Crippen LogP contribution in [-0.4, -0.2) is 132 Å². The van der Waals surface area contributed by atoms with Gasteiger partial charge >= 0.3 is 30.0 Å². The molecule has 484 valence electrons. The molecule has 0 unspecified atom stereocenters. The number of unbranched alkanes of at least 4 members (excludes halogenated alkanes) is 3. The fourth-order valence-electron chi connectivity index (χ4n) is 7.15. The largest absolute Gasteiger partial charge is 0.478 e. The zero-order chi connectivity index (χ0) is 65.5. The van der Waals surface area contributed by atoms with Gasteiger partial charge in [0.05, 0.1) is 38.0 Å². The van der Waals surface area contributed by atoms with Gasteiger partial charge in [-0.05, 0) is 166 Å². The second-order valence-electron chi connectivity index (χ2n) is 20.3. The molecule has 0 saturated carbocycles. The van der Waals surface area contributed by atoms with Crippen molar-refractivity contribution >= 4 is 47.7 Å². The second-order valence-corrected chi connectivity index (χ2v) is 20.3. The van der Waals surface area contributed by atoms with E-state index in [0.717, 1.165) is 64.2 Å². The van der Waals surface area contributed by atoms with Crippen molar-refractivity contribution in [3.05, 3.63) is 163 Å². The summed E-state index contributed by atoms with van der Waals surface area (Å²) in [5, 5.41) is 19.2. The normalized spacial score (nSPS) is 12.1. The van der Waals surface area contributed by atoms with E-state index in [0.29, 0.717) is 75.7 Å². The van der Waals surface area contributed by atoms with Crippen LogP contribution in [0.25, 0.3) is 0 Å². The first-order chi connectivity index (χ1) is 42.3. The van der Waals surface area contributed by atoms with Gasteiger partial charge in [-0.1, -0.05) is 79.8 Å². The molecule has 22 nitrogen and oxygen atoms in total. The summed E-state index contributed by atoms with van der Waals surface area (Å²) in [5.74, 6) is -3.00. The molecule has 0 aliphatic heterocycles. The Morgan fingerprint density at radius 1 is 0.545 bits per heavy atom. The van der Waals surface area contributed by atoms with E-state index < -0.39 is 53.7 Å². The molecule has 0 radical (unpaired) electrons. The quantitative estimate of drug-likeness (QED) is 0.0123. The molecule has 9 N–H and O–H groups in total. The first-order valence-corrected chi connectivity index (χ1v) is 29.7. The summed E-state index contributed by atoms with van der Waals surface area (Å²) < 4.78 is 19.1. The van der Waals surface area contributed by atoms with Gasteiger partial charge < -0.3 is 56.8 Å². The van der Waals surface area contributed by atoms with E-state index in [9.17, 15) is 38.4 Å². The van der Waals surface area contributed by atoms with E-state index in [1.807, 2.05) is 26.8 Å². The number of ether oxygens (including phenoxy) is 4. The number of alkyl carbamates (subject to hydrolysis) is 1. The van der Waals surface area contributed by atoms with Crippen LogP contribution < -0.4 is 32.7 Å². The van der Waals surface area contributed by atoms with Crippen LogP contribution in [0.3, 0.4) is 0 Å². The standard InChI is InChI=1S/C35H49N3O4.C13H19N3O3.C12H24N2O4.C6H5NO2/c1-3-4-5-6-7-8-9-10-11-12-13-14-15-16-17-18-19-20-21-27-33(39)37-29-23-22-26-32(35(41)42-2)38-34(40)31-25-24-28-36-30-31;1-19-13(18)11(6-2-3-7-14)16-12(17)10-5-4-8-15-9-10;1-12(2,3)18-11(16)14-8-6-5-7-9(13)10(15)17-4;8-6(9)5-2-1-3-7-4-5/h4-5,7-8,10-11,13-14,16-17,19-20,24-25,28,30,32H,3,6,9,12,15,18,21-23,26-27,29H2,1-2H3,(H,37,39)(H,38,40);4-5,8-9,11H,2-3,6-7,14H2,1H3,(H,16,17);9H,5-8,13H2,1-4H3,(H,14,16);1-4H,(H,8,9)/b5-4-,8-7-,11-10-,14-13-,17-16-,20-19-;;;/t32-;11-;9-;/m000./s1. The molecular formula is C66H97N9O13. The van der Waals surface area contributed by atoms with E-state index in [1.54, 1.807) is 42.7 Å². The summed E-state index contributed by atoms with van der Waals surface area (Å²) in [6.45, 7) is 9.15. The highest BCUT2D eigenvalue weighted by molar-refractivity contribution is 5.97. The molecule has 0 spiro atoms. The molecule has 3 aromatic rings. The minimum atomic E-state index is -0.942. The predicted molar refractivity (Wildman–Crippen MR) is 342 cm³/mol. The molecule has 0 bridgehead atoms. The van der Waals surface area contributed by atoms with Crippen LogP contribution in [0.15, 0.2) is 146 Å². The summed E-state index contributed by atoms with van der Waals surface area (Å²) in [6, 6.07) is 7.69. The van der Waals surface area contributed by atoms with Crippen molar-refractivity contribution in [3.63, 3.8) is 0 Å². The highest BCUT2D eigenvalue weighted by Crippen LogP contribution is 2.09. The molecule has 3 rings (SSSR count). The molecule has 22 heteroatoms. The van der Waals surface area contributed by atoms with Crippen LogP contribution in [0.1, 0.15) is 168 Å². The van der Waals surface area contributed by atoms with Crippen LogP contribution in [0.5, 0.6) is 0 Å². The Bertz CT molecular complexity index is 2590. The topological polar surface area (TPSA) is 333 Å². The molecule has 3 aromatic heterocycles. The summed E-state index contributed by atoms with van der Waals surface area (Å²) >= 11 is 0. The fourth-order valence-corrected chi connectivity index (χ4v) is 7.15. The first kappa shape index (κ1) is 79.4. The third-order valence-electron chi connectivity index (χ3n) is 11.8. The number of carbonyl (C=O) groups excluding carboxylic acids is 7. The number of carboxylic acids is 1. The molecule has 0 aliphatic carbocycles. The van der Waals surface area contributed by atoms with Gasteiger partial charge in [-0.15, -0.1) is 0 Å². The molecular weight excluding hydrogens is 1130 g/mol. The molecule has 4 amide bonds. The van der Waals surface area contributed by atoms with Crippen molar-refractivity contribution in [2.75, 3.05) is 41.0 Å². The minimum Gasteiger partial charge on any atom is -0.478 e. The van der Waals surface area contributed by atoms with Crippen molar-refractivity contribution in [1.29, 1.82) is 0 Å². The van der Waals surface area contributed by atoms with Gasteiger partial charge in [0.15, 0.2) is 0 Å². The summed E-state index contributed by atoms with van der Waals surface area (Å²) in [7, 11) is 3.91. The highest BCUT2D eigenvalue weighted by atomic mass is 16.6. The first-order valence-electron chi connectivity index (χ1n) is 29.7. The van der Waals surface area contributed by atoms with Gasteiger partial charge in [-0.25, -0.2) is 19.2 Å². The monoisotopic (exact) mass is 1220 g/mol. The summed E-state index contributed by atoms with van der Waals surface area (Å²) in [5.41, 5.74) is 11.5. The Morgan fingerprint density at radius 2 is 0.943 bits per heavy atom. The van der Waals surface area contributed by atoms with E-state index in [4.69, 9.17) is 26.0 Å². The Morgan fingerprint density at radius 3 is 1.32 bits per heavy atom. The smallest absolute Gasteiger partial charge is 0.407 e. The molecule has 0 aliphatic rings.